The number of allylic oxidation sites excluding steroid dienone is 2. The third-order valence-corrected chi connectivity index (χ3v) is 9.89. The van der Waals surface area contributed by atoms with Gasteiger partial charge in [0.25, 0.3) is 0 Å². The first kappa shape index (κ1) is 24.4. The molecule has 2 saturated carbocycles. The van der Waals surface area contributed by atoms with Crippen LogP contribution in [0.3, 0.4) is 0 Å². The summed E-state index contributed by atoms with van der Waals surface area (Å²) in [4.78, 5) is 28.4. The summed E-state index contributed by atoms with van der Waals surface area (Å²) in [6.45, 7) is 6.80. The molecular weight excluding hydrogens is 453 g/mol. The third kappa shape index (κ3) is 3.80. The highest BCUT2D eigenvalue weighted by Crippen LogP contribution is 2.65. The zero-order valence-corrected chi connectivity index (χ0v) is 21.0. The molecule has 1 saturated heterocycles. The average molecular weight is 489 g/mol. The lowest BCUT2D eigenvalue weighted by Crippen LogP contribution is -2.57. The Kier molecular flexibility index (Phi) is 5.65. The van der Waals surface area contributed by atoms with Crippen molar-refractivity contribution in [3.8, 4) is 0 Å². The van der Waals surface area contributed by atoms with Crippen LogP contribution in [0.1, 0.15) is 71.3 Å². The summed E-state index contributed by atoms with van der Waals surface area (Å²) in [5, 5.41) is 2.61. The Morgan fingerprint density at radius 2 is 1.89 bits per heavy atom. The number of halogens is 3. The average Bonchev–Trinajstić information content (AvgIpc) is 3.18. The maximum absolute atomic E-state index is 13.4. The lowest BCUT2D eigenvalue weighted by atomic mass is 9.48. The Morgan fingerprint density at radius 1 is 1.14 bits per heavy atom. The van der Waals surface area contributed by atoms with Gasteiger partial charge in [-0.1, -0.05) is 31.9 Å². The lowest BCUT2D eigenvalue weighted by Gasteiger charge is -2.59. The summed E-state index contributed by atoms with van der Waals surface area (Å²) in [5.74, 6) is -0.0961. The largest absolute Gasteiger partial charge is 0.416 e. The molecule has 1 unspecified atom stereocenters. The SMILES string of the molecule is CC1=C2N(C)C(=O)C(C(=O)Nc3cccc(C(F)(F)F)c3)C[C@]2(C)[C@@H]2CC[C@]3(C)CCC[C@H]3[C@@H]2C1. The number of nitrogens with zero attached hydrogens (tertiary/aromatic N) is 1. The van der Waals surface area contributed by atoms with Crippen molar-refractivity contribution >= 4 is 17.5 Å². The number of benzene rings is 1. The van der Waals surface area contributed by atoms with Crippen LogP contribution in [0.5, 0.6) is 0 Å². The number of fused-ring (bicyclic) bond motifs is 5. The van der Waals surface area contributed by atoms with E-state index in [1.54, 1.807) is 11.9 Å². The summed E-state index contributed by atoms with van der Waals surface area (Å²) >= 11 is 0. The molecule has 35 heavy (non-hydrogen) atoms. The molecule has 0 spiro atoms. The predicted octanol–water partition coefficient (Wildman–Crippen LogP) is 6.64. The van der Waals surface area contributed by atoms with Crippen LogP contribution in [0.25, 0.3) is 0 Å². The van der Waals surface area contributed by atoms with Gasteiger partial charge in [-0.2, -0.15) is 13.2 Å². The highest BCUT2D eigenvalue weighted by molar-refractivity contribution is 6.07. The van der Waals surface area contributed by atoms with Crippen molar-refractivity contribution in [1.29, 1.82) is 0 Å². The molecular formula is C28H35F3N2O2. The second kappa shape index (κ2) is 8.10. The molecule has 1 aliphatic heterocycles. The first-order valence-corrected chi connectivity index (χ1v) is 12.8. The molecule has 5 rings (SSSR count). The Hall–Kier alpha value is -2.31. The molecule has 0 bridgehead atoms. The highest BCUT2D eigenvalue weighted by atomic mass is 19.4. The minimum Gasteiger partial charge on any atom is -0.325 e. The summed E-state index contributed by atoms with van der Waals surface area (Å²) in [6.07, 6.45) is 3.00. The van der Waals surface area contributed by atoms with E-state index in [9.17, 15) is 22.8 Å². The van der Waals surface area contributed by atoms with Crippen LogP contribution >= 0.6 is 0 Å². The van der Waals surface area contributed by atoms with Crippen molar-refractivity contribution in [2.75, 3.05) is 12.4 Å². The van der Waals surface area contributed by atoms with E-state index in [-0.39, 0.29) is 17.0 Å². The van der Waals surface area contributed by atoms with Crippen molar-refractivity contribution in [3.63, 3.8) is 0 Å². The number of alkyl halides is 3. The van der Waals surface area contributed by atoms with E-state index in [2.05, 4.69) is 26.1 Å². The van der Waals surface area contributed by atoms with Crippen molar-refractivity contribution in [1.82, 2.24) is 4.90 Å². The molecule has 1 aromatic carbocycles. The van der Waals surface area contributed by atoms with Gasteiger partial charge in [0.15, 0.2) is 0 Å². The predicted molar refractivity (Wildman–Crippen MR) is 128 cm³/mol. The molecule has 190 valence electrons. The van der Waals surface area contributed by atoms with Crippen LogP contribution in [0.4, 0.5) is 18.9 Å². The molecule has 3 aliphatic carbocycles. The third-order valence-electron chi connectivity index (χ3n) is 9.89. The number of hydrogen-bond donors (Lipinski definition) is 1. The molecule has 4 nitrogen and oxygen atoms in total. The fraction of sp³-hybridized carbons (Fsp3) is 0.643. The van der Waals surface area contributed by atoms with Gasteiger partial charge in [-0.15, -0.1) is 0 Å². The van der Waals surface area contributed by atoms with Gasteiger partial charge in [0.2, 0.25) is 11.8 Å². The van der Waals surface area contributed by atoms with E-state index < -0.39 is 23.6 Å². The van der Waals surface area contributed by atoms with Crippen molar-refractivity contribution in [2.45, 2.75) is 71.9 Å². The van der Waals surface area contributed by atoms with Gasteiger partial charge in [-0.05, 0) is 86.8 Å². The van der Waals surface area contributed by atoms with Crippen molar-refractivity contribution < 1.29 is 22.8 Å². The number of hydrogen-bond acceptors (Lipinski definition) is 2. The first-order valence-electron chi connectivity index (χ1n) is 12.8. The molecule has 1 heterocycles. The fourth-order valence-corrected chi connectivity index (χ4v) is 8.45. The maximum atomic E-state index is 13.4. The zero-order chi connectivity index (χ0) is 25.3. The maximum Gasteiger partial charge on any atom is 0.416 e. The minimum atomic E-state index is -4.50. The number of amides is 2. The Morgan fingerprint density at radius 3 is 2.60 bits per heavy atom. The zero-order valence-electron chi connectivity index (χ0n) is 21.0. The molecule has 6 atom stereocenters. The topological polar surface area (TPSA) is 49.4 Å². The molecule has 7 heteroatoms. The van der Waals surface area contributed by atoms with Crippen molar-refractivity contribution in [2.24, 2.45) is 34.5 Å². The van der Waals surface area contributed by atoms with Crippen molar-refractivity contribution in [3.05, 3.63) is 41.1 Å². The van der Waals surface area contributed by atoms with Gasteiger partial charge in [-0.25, -0.2) is 0 Å². The van der Waals surface area contributed by atoms with Crippen LogP contribution in [0.15, 0.2) is 35.5 Å². The van der Waals surface area contributed by atoms with Crippen LogP contribution in [0.2, 0.25) is 0 Å². The monoisotopic (exact) mass is 488 g/mol. The number of carbonyl (C=O) groups excluding carboxylic acids is 2. The van der Waals surface area contributed by atoms with Crippen LogP contribution < -0.4 is 5.32 Å². The standard InChI is InChI=1S/C28H35F3N2O2/c1-16-13-19-21-9-6-11-26(21,2)12-10-22(19)27(3)15-20(25(35)33(4)23(16)27)24(34)32-18-8-5-7-17(14-18)28(29,30)31/h5,7-8,14,19-22H,6,9-13,15H2,1-4H3,(H,32,34)/t19-,20?,21-,22+,26-,27+/m0/s1. The molecule has 3 fully saturated rings. The first-order chi connectivity index (χ1) is 16.3. The number of anilines is 1. The molecule has 4 aliphatic rings. The normalized spacial score (nSPS) is 37.0. The van der Waals surface area contributed by atoms with Gasteiger partial charge in [0.05, 0.1) is 5.56 Å². The Labute approximate surface area is 205 Å². The second-order valence-electron chi connectivity index (χ2n) is 11.9. The van der Waals surface area contributed by atoms with E-state index in [0.29, 0.717) is 29.6 Å². The summed E-state index contributed by atoms with van der Waals surface area (Å²) in [6, 6.07) is 4.59. The second-order valence-corrected chi connectivity index (χ2v) is 11.9. The summed E-state index contributed by atoms with van der Waals surface area (Å²) < 4.78 is 39.4. The van der Waals surface area contributed by atoms with Gasteiger partial charge < -0.3 is 10.2 Å². The fourth-order valence-electron chi connectivity index (χ4n) is 8.45. The van der Waals surface area contributed by atoms with E-state index in [1.807, 2.05) is 0 Å². The Balaban J connectivity index is 1.45. The highest BCUT2D eigenvalue weighted by Gasteiger charge is 2.60. The van der Waals surface area contributed by atoms with E-state index in [4.69, 9.17) is 0 Å². The number of nitrogens with one attached hydrogen (secondary N) is 1. The molecule has 1 aromatic rings. The van der Waals surface area contributed by atoms with Crippen LogP contribution in [-0.4, -0.2) is 23.8 Å². The minimum absolute atomic E-state index is 0.0591. The van der Waals surface area contributed by atoms with Gasteiger partial charge >= 0.3 is 6.18 Å². The number of rotatable bonds is 2. The molecule has 2 amide bonds. The lowest BCUT2D eigenvalue weighted by molar-refractivity contribution is -0.147. The van der Waals surface area contributed by atoms with Crippen LogP contribution in [0, 0.1) is 34.5 Å². The number of likely N-dealkylation sites (tertiary alicyclic amines) is 1. The quantitative estimate of drug-likeness (QED) is 0.475. The Bertz CT molecular complexity index is 1100. The van der Waals surface area contributed by atoms with Gasteiger partial charge in [-0.3, -0.25) is 9.59 Å². The molecule has 0 aromatic heterocycles. The van der Waals surface area contributed by atoms with E-state index in [0.717, 1.165) is 30.7 Å². The van der Waals surface area contributed by atoms with E-state index >= 15 is 0 Å². The molecule has 1 N–H and O–H groups in total. The number of carbonyl (C=O) groups is 2. The van der Waals surface area contributed by atoms with E-state index in [1.165, 1.54) is 43.4 Å². The van der Waals surface area contributed by atoms with Gasteiger partial charge in [0.1, 0.15) is 5.92 Å². The summed E-state index contributed by atoms with van der Waals surface area (Å²) in [5.41, 5.74) is 1.63. The number of piperidine rings is 1. The molecule has 0 radical (unpaired) electrons. The van der Waals surface area contributed by atoms with Gasteiger partial charge in [0, 0.05) is 23.8 Å². The van der Waals surface area contributed by atoms with Crippen LogP contribution in [-0.2, 0) is 15.8 Å². The smallest absolute Gasteiger partial charge is 0.325 e. The summed E-state index contributed by atoms with van der Waals surface area (Å²) in [7, 11) is 1.76.